The monoisotopic (exact) mass is 299 g/mol. The fourth-order valence-corrected chi connectivity index (χ4v) is 2.36. The quantitative estimate of drug-likeness (QED) is 0.879. The maximum Gasteiger partial charge on any atom is 0.323 e. The van der Waals surface area contributed by atoms with E-state index in [9.17, 15) is 9.90 Å². The summed E-state index contributed by atoms with van der Waals surface area (Å²) in [4.78, 5) is 24.2. The molecule has 2 amide bonds. The number of aromatic hydroxyl groups is 1. The van der Waals surface area contributed by atoms with E-state index in [-0.39, 0.29) is 11.8 Å². The molecule has 0 aliphatic carbocycles. The Hall–Kier alpha value is -2.83. The van der Waals surface area contributed by atoms with Gasteiger partial charge >= 0.3 is 6.03 Å². The van der Waals surface area contributed by atoms with Crippen molar-refractivity contribution in [3.05, 3.63) is 42.9 Å². The topological polar surface area (TPSA) is 81.6 Å². The molecule has 0 unspecified atom stereocenters. The van der Waals surface area contributed by atoms with Gasteiger partial charge in [-0.15, -0.1) is 0 Å². The molecule has 1 aliphatic heterocycles. The average Bonchev–Trinajstić information content (AvgIpc) is 2.58. The van der Waals surface area contributed by atoms with Crippen molar-refractivity contribution in [3.8, 4) is 5.75 Å². The van der Waals surface area contributed by atoms with Crippen LogP contribution in [0.1, 0.15) is 0 Å². The molecule has 1 saturated heterocycles. The third-order valence-electron chi connectivity index (χ3n) is 3.56. The summed E-state index contributed by atoms with van der Waals surface area (Å²) < 4.78 is 0. The highest BCUT2D eigenvalue weighted by molar-refractivity contribution is 5.88. The van der Waals surface area contributed by atoms with Gasteiger partial charge in [0.15, 0.2) is 0 Å². The molecule has 0 atom stereocenters. The minimum atomic E-state index is -0.177. The molecule has 7 heteroatoms. The van der Waals surface area contributed by atoms with Crippen molar-refractivity contribution in [1.29, 1.82) is 0 Å². The number of nitrogens with zero attached hydrogens (tertiary/aromatic N) is 4. The number of carbonyl (C=O) groups is 1. The second-order valence-corrected chi connectivity index (χ2v) is 5.02. The van der Waals surface area contributed by atoms with Gasteiger partial charge in [-0.1, -0.05) is 0 Å². The number of carbonyl (C=O) groups excluding carboxylic acids is 1. The number of rotatable bonds is 2. The Bertz CT molecular complexity index is 624. The molecular formula is C15H17N5O2. The first-order valence-corrected chi connectivity index (χ1v) is 7.08. The van der Waals surface area contributed by atoms with Crippen molar-refractivity contribution in [2.45, 2.75) is 0 Å². The Balaban J connectivity index is 1.54. The molecule has 0 radical (unpaired) electrons. The highest BCUT2D eigenvalue weighted by Gasteiger charge is 2.21. The summed E-state index contributed by atoms with van der Waals surface area (Å²) in [6, 6.07) is 6.81. The predicted molar refractivity (Wildman–Crippen MR) is 82.9 cm³/mol. The first kappa shape index (κ1) is 14.1. The van der Waals surface area contributed by atoms with Gasteiger partial charge < -0.3 is 14.9 Å². The highest BCUT2D eigenvalue weighted by atomic mass is 16.3. The van der Waals surface area contributed by atoms with Gasteiger partial charge in [-0.3, -0.25) is 10.3 Å². The second-order valence-electron chi connectivity index (χ2n) is 5.02. The van der Waals surface area contributed by atoms with Crippen LogP contribution in [0.4, 0.5) is 16.3 Å². The van der Waals surface area contributed by atoms with Gasteiger partial charge in [-0.05, 0) is 24.3 Å². The molecule has 0 bridgehead atoms. The third kappa shape index (κ3) is 3.25. The van der Waals surface area contributed by atoms with Crippen LogP contribution >= 0.6 is 0 Å². The van der Waals surface area contributed by atoms with Gasteiger partial charge in [0.25, 0.3) is 0 Å². The third-order valence-corrected chi connectivity index (χ3v) is 3.56. The largest absolute Gasteiger partial charge is 0.506 e. The molecule has 3 rings (SSSR count). The lowest BCUT2D eigenvalue weighted by molar-refractivity contribution is 0.208. The molecule has 2 aromatic rings. The van der Waals surface area contributed by atoms with Crippen LogP contribution in [0.15, 0.2) is 42.9 Å². The lowest BCUT2D eigenvalue weighted by Gasteiger charge is -2.35. The first-order valence-electron chi connectivity index (χ1n) is 7.08. The summed E-state index contributed by atoms with van der Waals surface area (Å²) in [7, 11) is 0. The summed E-state index contributed by atoms with van der Waals surface area (Å²) in [6.45, 7) is 2.81. The number of nitrogens with one attached hydrogen (secondary N) is 1. The summed E-state index contributed by atoms with van der Waals surface area (Å²) in [5, 5.41) is 11.9. The molecule has 0 saturated carbocycles. The van der Waals surface area contributed by atoms with Crippen LogP contribution < -0.4 is 10.2 Å². The van der Waals surface area contributed by atoms with E-state index in [4.69, 9.17) is 0 Å². The minimum Gasteiger partial charge on any atom is -0.506 e. The number of urea groups is 1. The van der Waals surface area contributed by atoms with Crippen LogP contribution in [0, 0.1) is 0 Å². The van der Waals surface area contributed by atoms with E-state index in [1.54, 1.807) is 17.2 Å². The van der Waals surface area contributed by atoms with Crippen LogP contribution in [0.5, 0.6) is 5.75 Å². The Kier molecular flexibility index (Phi) is 4.04. The van der Waals surface area contributed by atoms with Crippen LogP contribution in [0.25, 0.3) is 0 Å². The van der Waals surface area contributed by atoms with Crippen molar-refractivity contribution in [2.24, 2.45) is 0 Å². The average molecular weight is 299 g/mol. The van der Waals surface area contributed by atoms with Gasteiger partial charge in [0.05, 0.1) is 18.1 Å². The molecule has 114 valence electrons. The summed E-state index contributed by atoms with van der Waals surface area (Å²) in [5.74, 6) is 0.501. The lowest BCUT2D eigenvalue weighted by Crippen LogP contribution is -2.50. The lowest BCUT2D eigenvalue weighted by atomic mass is 10.3. The number of aromatic nitrogens is 2. The smallest absolute Gasteiger partial charge is 0.323 e. The molecule has 7 nitrogen and oxygen atoms in total. The van der Waals surface area contributed by atoms with E-state index < -0.39 is 0 Å². The molecule has 0 aromatic carbocycles. The molecule has 3 heterocycles. The predicted octanol–water partition coefficient (Wildman–Crippen LogP) is 1.54. The Morgan fingerprint density at radius 1 is 1.14 bits per heavy atom. The van der Waals surface area contributed by atoms with E-state index in [2.05, 4.69) is 20.2 Å². The number of anilines is 2. The zero-order chi connectivity index (χ0) is 15.4. The molecular weight excluding hydrogens is 282 g/mol. The van der Waals surface area contributed by atoms with Crippen molar-refractivity contribution in [2.75, 3.05) is 36.4 Å². The maximum atomic E-state index is 12.2. The van der Waals surface area contributed by atoms with E-state index in [1.165, 1.54) is 12.3 Å². The molecule has 0 spiro atoms. The zero-order valence-electron chi connectivity index (χ0n) is 12.0. The molecule has 1 aliphatic rings. The number of pyridine rings is 2. The van der Waals surface area contributed by atoms with Gasteiger partial charge in [-0.25, -0.2) is 9.78 Å². The van der Waals surface area contributed by atoms with Gasteiger partial charge in [0.2, 0.25) is 0 Å². The standard InChI is InChI=1S/C15H17N5O2/c21-13-3-4-14(17-11-13)18-15(22)20-8-6-19(7-9-20)12-2-1-5-16-10-12/h1-5,10-11,21H,6-9H2,(H,17,18,22). The highest BCUT2D eigenvalue weighted by Crippen LogP contribution is 2.15. The fraction of sp³-hybridized carbons (Fsp3) is 0.267. The normalized spacial score (nSPS) is 14.7. The summed E-state index contributed by atoms with van der Waals surface area (Å²) >= 11 is 0. The summed E-state index contributed by atoms with van der Waals surface area (Å²) in [6.07, 6.45) is 4.88. The Labute approximate surface area is 128 Å². The van der Waals surface area contributed by atoms with Crippen LogP contribution in [-0.4, -0.2) is 52.2 Å². The van der Waals surface area contributed by atoms with Crippen molar-refractivity contribution >= 4 is 17.5 Å². The number of hydrogen-bond donors (Lipinski definition) is 2. The molecule has 2 aromatic heterocycles. The van der Waals surface area contributed by atoms with E-state index in [1.807, 2.05) is 18.3 Å². The maximum absolute atomic E-state index is 12.2. The van der Waals surface area contributed by atoms with Gasteiger partial charge in [0, 0.05) is 32.4 Å². The van der Waals surface area contributed by atoms with E-state index in [0.717, 1.165) is 18.8 Å². The van der Waals surface area contributed by atoms with Gasteiger partial charge in [-0.2, -0.15) is 0 Å². The SMILES string of the molecule is O=C(Nc1ccc(O)cn1)N1CCN(c2cccnc2)CC1. The summed E-state index contributed by atoms with van der Waals surface area (Å²) in [5.41, 5.74) is 1.07. The second kappa shape index (κ2) is 6.30. The number of hydrogen-bond acceptors (Lipinski definition) is 5. The molecule has 22 heavy (non-hydrogen) atoms. The number of amides is 2. The van der Waals surface area contributed by atoms with E-state index >= 15 is 0 Å². The van der Waals surface area contributed by atoms with Crippen molar-refractivity contribution < 1.29 is 9.90 Å². The Morgan fingerprint density at radius 2 is 1.95 bits per heavy atom. The van der Waals surface area contributed by atoms with Crippen molar-refractivity contribution in [3.63, 3.8) is 0 Å². The number of piperazine rings is 1. The molecule has 1 fully saturated rings. The van der Waals surface area contributed by atoms with Gasteiger partial charge in [0.1, 0.15) is 11.6 Å². The zero-order valence-corrected chi connectivity index (χ0v) is 12.0. The first-order chi connectivity index (χ1) is 10.7. The Morgan fingerprint density at radius 3 is 2.59 bits per heavy atom. The van der Waals surface area contributed by atoms with Crippen molar-refractivity contribution in [1.82, 2.24) is 14.9 Å². The minimum absolute atomic E-state index is 0.0723. The van der Waals surface area contributed by atoms with Crippen LogP contribution in [-0.2, 0) is 0 Å². The fourth-order valence-electron chi connectivity index (χ4n) is 2.36. The van der Waals surface area contributed by atoms with E-state index in [0.29, 0.717) is 18.9 Å². The molecule has 2 N–H and O–H groups in total. The van der Waals surface area contributed by atoms with Crippen LogP contribution in [0.2, 0.25) is 0 Å². The van der Waals surface area contributed by atoms with Crippen LogP contribution in [0.3, 0.4) is 0 Å².